The Labute approximate surface area is 162 Å². The van der Waals surface area contributed by atoms with Crippen molar-refractivity contribution in [1.29, 1.82) is 5.41 Å². The van der Waals surface area contributed by atoms with Crippen LogP contribution in [0.4, 0.5) is 0 Å². The molecule has 2 heterocycles. The van der Waals surface area contributed by atoms with Crippen molar-refractivity contribution in [3.05, 3.63) is 58.3 Å². The zero-order valence-electron chi connectivity index (χ0n) is 15.7. The number of H-pyrrole nitrogens is 1. The molecule has 9 nitrogen and oxygen atoms in total. The number of nitrogens with two attached hydrogens (primary N) is 1. The molecule has 0 amide bonds. The average molecular weight is 383 g/mol. The highest BCUT2D eigenvalue weighted by molar-refractivity contribution is 5.75. The lowest BCUT2D eigenvalue weighted by molar-refractivity contribution is 0.139. The summed E-state index contributed by atoms with van der Waals surface area (Å²) in [6.45, 7) is 3.16. The number of aliphatic hydroxyl groups is 1. The van der Waals surface area contributed by atoms with Crippen molar-refractivity contribution in [3.63, 3.8) is 0 Å². The van der Waals surface area contributed by atoms with Gasteiger partial charge < -0.3 is 21.1 Å². The molecule has 0 saturated heterocycles. The Bertz CT molecular complexity index is 1010. The SMILES string of the molecule is CCc1cc2cn(-c3ccc([C@H](O)NCCCNC(=N)N)cc3)c(=O)nc2[nH]1. The molecule has 1 atom stereocenters. The molecule has 0 aliphatic heterocycles. The summed E-state index contributed by atoms with van der Waals surface area (Å²) in [7, 11) is 0. The number of hydrogen-bond donors (Lipinski definition) is 6. The molecule has 3 aromatic rings. The minimum atomic E-state index is -0.819. The van der Waals surface area contributed by atoms with Gasteiger partial charge in [0.25, 0.3) is 0 Å². The minimum Gasteiger partial charge on any atom is -0.374 e. The van der Waals surface area contributed by atoms with E-state index in [-0.39, 0.29) is 11.6 Å². The summed E-state index contributed by atoms with van der Waals surface area (Å²) in [5, 5.41) is 23.9. The molecule has 28 heavy (non-hydrogen) atoms. The molecule has 7 N–H and O–H groups in total. The van der Waals surface area contributed by atoms with Crippen molar-refractivity contribution in [2.24, 2.45) is 5.73 Å². The van der Waals surface area contributed by atoms with E-state index in [0.29, 0.717) is 36.4 Å². The molecule has 2 aromatic heterocycles. The fourth-order valence-electron chi connectivity index (χ4n) is 2.91. The molecule has 9 heteroatoms. The van der Waals surface area contributed by atoms with Gasteiger partial charge in [-0.25, -0.2) is 4.79 Å². The molecule has 0 radical (unpaired) electrons. The predicted molar refractivity (Wildman–Crippen MR) is 109 cm³/mol. The van der Waals surface area contributed by atoms with Crippen molar-refractivity contribution in [3.8, 4) is 5.69 Å². The molecule has 0 aliphatic rings. The number of nitrogens with zero attached hydrogens (tertiary/aromatic N) is 2. The lowest BCUT2D eigenvalue weighted by Crippen LogP contribution is -2.33. The molecule has 148 valence electrons. The minimum absolute atomic E-state index is 0.0652. The van der Waals surface area contributed by atoms with Gasteiger partial charge in [-0.2, -0.15) is 4.98 Å². The first-order valence-electron chi connectivity index (χ1n) is 9.19. The van der Waals surface area contributed by atoms with Crippen LogP contribution >= 0.6 is 0 Å². The van der Waals surface area contributed by atoms with Gasteiger partial charge in [-0.05, 0) is 43.1 Å². The van der Waals surface area contributed by atoms with Crippen LogP contribution < -0.4 is 22.1 Å². The second-order valence-corrected chi connectivity index (χ2v) is 6.49. The fourth-order valence-corrected chi connectivity index (χ4v) is 2.91. The van der Waals surface area contributed by atoms with Crippen molar-refractivity contribution >= 4 is 17.0 Å². The quantitative estimate of drug-likeness (QED) is 0.146. The van der Waals surface area contributed by atoms with Crippen molar-refractivity contribution in [2.75, 3.05) is 13.1 Å². The van der Waals surface area contributed by atoms with Gasteiger partial charge in [0.05, 0.1) is 5.69 Å². The van der Waals surface area contributed by atoms with E-state index in [4.69, 9.17) is 11.1 Å². The summed E-state index contributed by atoms with van der Waals surface area (Å²) in [6.07, 6.45) is 2.51. The van der Waals surface area contributed by atoms with Gasteiger partial charge in [-0.1, -0.05) is 19.1 Å². The van der Waals surface area contributed by atoms with Crippen LogP contribution in [0.3, 0.4) is 0 Å². The third-order valence-electron chi connectivity index (χ3n) is 4.44. The van der Waals surface area contributed by atoms with Crippen LogP contribution in [0.25, 0.3) is 16.7 Å². The van der Waals surface area contributed by atoms with Crippen LogP contribution in [0.5, 0.6) is 0 Å². The maximum Gasteiger partial charge on any atom is 0.354 e. The smallest absolute Gasteiger partial charge is 0.354 e. The van der Waals surface area contributed by atoms with Crippen LogP contribution in [0.1, 0.15) is 30.8 Å². The van der Waals surface area contributed by atoms with E-state index in [9.17, 15) is 9.90 Å². The van der Waals surface area contributed by atoms with Gasteiger partial charge in [0.2, 0.25) is 0 Å². The Morgan fingerprint density at radius 1 is 1.36 bits per heavy atom. The van der Waals surface area contributed by atoms with Crippen LogP contribution in [0.15, 0.2) is 41.3 Å². The van der Waals surface area contributed by atoms with Crippen molar-refractivity contribution in [1.82, 2.24) is 25.2 Å². The summed E-state index contributed by atoms with van der Waals surface area (Å²) in [5.74, 6) is -0.0652. The molecular weight excluding hydrogens is 358 g/mol. The first-order chi connectivity index (χ1) is 13.5. The number of aryl methyl sites for hydroxylation is 1. The lowest BCUT2D eigenvalue weighted by Gasteiger charge is -2.14. The first-order valence-corrected chi connectivity index (χ1v) is 9.19. The van der Waals surface area contributed by atoms with Crippen LogP contribution in [-0.2, 0) is 6.42 Å². The fraction of sp³-hybridized carbons (Fsp3) is 0.316. The average Bonchev–Trinajstić information content (AvgIpc) is 3.08. The summed E-state index contributed by atoms with van der Waals surface area (Å²) in [5.41, 5.74) is 7.85. The standard InChI is InChI=1S/C19H25N7O2/c1-2-14-10-13-11-26(19(28)25-16(13)24-14)15-6-4-12(5-7-15)17(27)22-8-3-9-23-18(20)21/h4-7,10-11,17,22,27H,2-3,8-9H2,1H3,(H4,20,21,23)(H,24,25,28)/t17-/m0/s1. The second kappa shape index (κ2) is 8.68. The van der Waals surface area contributed by atoms with Gasteiger partial charge >= 0.3 is 5.69 Å². The maximum atomic E-state index is 12.3. The van der Waals surface area contributed by atoms with E-state index in [2.05, 4.69) is 20.6 Å². The zero-order chi connectivity index (χ0) is 20.1. The van der Waals surface area contributed by atoms with E-state index < -0.39 is 6.23 Å². The topological polar surface area (TPSA) is 145 Å². The van der Waals surface area contributed by atoms with Gasteiger partial charge in [0, 0.05) is 23.8 Å². The van der Waals surface area contributed by atoms with E-state index in [1.54, 1.807) is 30.5 Å². The molecule has 1 aromatic carbocycles. The number of aromatic nitrogens is 3. The predicted octanol–water partition coefficient (Wildman–Crippen LogP) is 0.730. The Kier molecular flexibility index (Phi) is 6.07. The van der Waals surface area contributed by atoms with Crippen molar-refractivity contribution < 1.29 is 5.11 Å². The number of fused-ring (bicyclic) bond motifs is 1. The first kappa shape index (κ1) is 19.6. The molecule has 0 aliphatic carbocycles. The second-order valence-electron chi connectivity index (χ2n) is 6.49. The number of hydrogen-bond acceptors (Lipinski definition) is 5. The van der Waals surface area contributed by atoms with Gasteiger partial charge in [-0.15, -0.1) is 0 Å². The monoisotopic (exact) mass is 383 g/mol. The molecule has 0 unspecified atom stereocenters. The Morgan fingerprint density at radius 2 is 2.11 bits per heavy atom. The molecule has 3 rings (SSSR count). The number of aromatic amines is 1. The van der Waals surface area contributed by atoms with Gasteiger partial charge in [-0.3, -0.25) is 15.3 Å². The molecule has 0 fully saturated rings. The third kappa shape index (κ3) is 4.56. The Hall–Kier alpha value is -3.17. The van der Waals surface area contributed by atoms with E-state index >= 15 is 0 Å². The van der Waals surface area contributed by atoms with Crippen LogP contribution in [0, 0.1) is 5.41 Å². The maximum absolute atomic E-state index is 12.3. The Balaban J connectivity index is 1.68. The van der Waals surface area contributed by atoms with Crippen molar-refractivity contribution in [2.45, 2.75) is 26.0 Å². The highest BCUT2D eigenvalue weighted by Crippen LogP contribution is 2.16. The van der Waals surface area contributed by atoms with E-state index in [0.717, 1.165) is 17.5 Å². The van der Waals surface area contributed by atoms with E-state index in [1.807, 2.05) is 13.0 Å². The van der Waals surface area contributed by atoms with Crippen LogP contribution in [0.2, 0.25) is 0 Å². The molecule has 0 saturated carbocycles. The highest BCUT2D eigenvalue weighted by atomic mass is 16.3. The summed E-state index contributed by atoms with van der Waals surface area (Å²) >= 11 is 0. The zero-order valence-corrected chi connectivity index (χ0v) is 15.7. The number of benzene rings is 1. The molecule has 0 spiro atoms. The van der Waals surface area contributed by atoms with Crippen LogP contribution in [-0.4, -0.2) is 38.7 Å². The summed E-state index contributed by atoms with van der Waals surface area (Å²) in [6, 6.07) is 9.08. The third-order valence-corrected chi connectivity index (χ3v) is 4.44. The summed E-state index contributed by atoms with van der Waals surface area (Å²) < 4.78 is 1.49. The number of aliphatic hydroxyl groups excluding tert-OH is 1. The van der Waals surface area contributed by atoms with Gasteiger partial charge in [0.15, 0.2) is 5.96 Å². The molecule has 0 bridgehead atoms. The molecular formula is C19H25N7O2. The number of rotatable bonds is 8. The normalized spacial score (nSPS) is 12.2. The number of nitrogens with one attached hydrogen (secondary N) is 4. The van der Waals surface area contributed by atoms with E-state index in [1.165, 1.54) is 4.57 Å². The highest BCUT2D eigenvalue weighted by Gasteiger charge is 2.09. The Morgan fingerprint density at radius 3 is 2.79 bits per heavy atom. The number of guanidine groups is 1. The lowest BCUT2D eigenvalue weighted by atomic mass is 10.1. The summed E-state index contributed by atoms with van der Waals surface area (Å²) in [4.78, 5) is 19.6. The largest absolute Gasteiger partial charge is 0.374 e. The van der Waals surface area contributed by atoms with Gasteiger partial charge in [0.1, 0.15) is 11.9 Å².